The van der Waals surface area contributed by atoms with E-state index in [9.17, 15) is 0 Å². The summed E-state index contributed by atoms with van der Waals surface area (Å²) in [7, 11) is 0. The van der Waals surface area contributed by atoms with Gasteiger partial charge in [-0.3, -0.25) is 4.90 Å². The minimum Gasteiger partial charge on any atom is -0.395 e. The average Bonchev–Trinajstić information content (AvgIpc) is 1.90. The Balaban J connectivity index is -0.0000000675. The number of hydrogen-bond acceptors (Lipinski definition) is 4. The molecule has 0 fully saturated rings. The van der Waals surface area contributed by atoms with E-state index in [1.165, 1.54) is 0 Å². The molecule has 0 rings (SSSR count). The van der Waals surface area contributed by atoms with E-state index < -0.39 is 0 Å². The molecule has 0 aliphatic rings. The van der Waals surface area contributed by atoms with E-state index in [0.29, 0.717) is 19.6 Å². The van der Waals surface area contributed by atoms with E-state index in [1.807, 2.05) is 0 Å². The van der Waals surface area contributed by atoms with Gasteiger partial charge in [-0.2, -0.15) is 0 Å². The van der Waals surface area contributed by atoms with Gasteiger partial charge in [-0.05, 0) is 0 Å². The maximum atomic E-state index is 8.48. The molecule has 0 bridgehead atoms. The van der Waals surface area contributed by atoms with Gasteiger partial charge in [0, 0.05) is 138 Å². The average molecular weight is 241 g/mol. The monoisotopic (exact) mass is 241 g/mol. The first-order chi connectivity index (χ1) is 4.85. The van der Waals surface area contributed by atoms with Crippen LogP contribution in [-0.2, 0) is 0 Å². The fourth-order valence-electron chi connectivity index (χ4n) is 0.760. The molecule has 0 heterocycles. The fourth-order valence-corrected chi connectivity index (χ4v) is 0.760. The van der Waals surface area contributed by atoms with Gasteiger partial charge in [-0.1, -0.05) is 0 Å². The molecule has 4 nitrogen and oxygen atoms in total. The molecule has 0 spiro atoms. The first-order valence-corrected chi connectivity index (χ1v) is 3.40. The third-order valence-corrected chi connectivity index (χ3v) is 1.25. The van der Waals surface area contributed by atoms with Crippen molar-refractivity contribution in [2.75, 3.05) is 39.5 Å². The summed E-state index contributed by atoms with van der Waals surface area (Å²) < 4.78 is 0. The number of hydrogen-bond donors (Lipinski definition) is 3. The molecule has 66 valence electrons. The summed E-state index contributed by atoms with van der Waals surface area (Å²) in [5, 5.41) is 25.5. The second-order valence-corrected chi connectivity index (χ2v) is 2.01. The summed E-state index contributed by atoms with van der Waals surface area (Å²) in [5.74, 6) is 0. The van der Waals surface area contributed by atoms with Crippen molar-refractivity contribution in [1.29, 1.82) is 0 Å². The zero-order valence-electron chi connectivity index (χ0n) is 10.0. The Labute approximate surface area is 174 Å². The van der Waals surface area contributed by atoms with Gasteiger partial charge >= 0.3 is 0 Å². The number of nitrogens with zero attached hydrogens (tertiary/aromatic N) is 1. The van der Waals surface area contributed by atoms with Crippen molar-refractivity contribution in [3.05, 3.63) is 0 Å². The maximum Gasteiger partial charge on any atom is 0.0558 e. The van der Waals surface area contributed by atoms with Crippen molar-refractivity contribution in [1.82, 2.24) is 4.90 Å². The zero-order valence-corrected chi connectivity index (χ0v) is 18.0. The molecule has 8 heteroatoms. The summed E-state index contributed by atoms with van der Waals surface area (Å²) in [6.07, 6.45) is 0. The summed E-state index contributed by atoms with van der Waals surface area (Å²) in [5.41, 5.74) is 0. The Morgan fingerprint density at radius 2 is 0.786 bits per heavy atom. The molecule has 0 aliphatic heterocycles. The first kappa shape index (κ1) is 30.7. The summed E-state index contributed by atoms with van der Waals surface area (Å²) in [4.78, 5) is 1.79. The van der Waals surface area contributed by atoms with E-state index in [-0.39, 0.29) is 138 Å². The topological polar surface area (TPSA) is 63.9 Å². The van der Waals surface area contributed by atoms with Crippen molar-refractivity contribution in [3.8, 4) is 0 Å². The third-order valence-electron chi connectivity index (χ3n) is 1.25. The zero-order chi connectivity index (χ0) is 7.82. The Morgan fingerprint density at radius 1 is 0.571 bits per heavy atom. The second kappa shape index (κ2) is 25.6. The minimum atomic E-state index is 0. The van der Waals surface area contributed by atoms with Gasteiger partial charge in [0.25, 0.3) is 0 Å². The molecule has 0 saturated carbocycles. The van der Waals surface area contributed by atoms with Crippen molar-refractivity contribution < 1.29 is 15.3 Å². The molecule has 0 saturated heterocycles. The van der Waals surface area contributed by atoms with Crippen molar-refractivity contribution >= 4 is 118 Å². The number of aliphatic hydroxyl groups is 3. The largest absolute Gasteiger partial charge is 0.395 e. The van der Waals surface area contributed by atoms with E-state index in [4.69, 9.17) is 15.3 Å². The molecule has 4 radical (unpaired) electrons. The Hall–Kier alpha value is 3.84. The fraction of sp³-hybridized carbons (Fsp3) is 1.00. The van der Waals surface area contributed by atoms with Crippen LogP contribution in [0.25, 0.3) is 0 Å². The van der Waals surface area contributed by atoms with Crippen molar-refractivity contribution in [2.24, 2.45) is 0 Å². The molecule has 14 heavy (non-hydrogen) atoms. The first-order valence-electron chi connectivity index (χ1n) is 3.40. The van der Waals surface area contributed by atoms with Crippen LogP contribution in [0.2, 0.25) is 0 Å². The van der Waals surface area contributed by atoms with Crippen LogP contribution in [0.5, 0.6) is 0 Å². The summed E-state index contributed by atoms with van der Waals surface area (Å²) in [6.45, 7) is 1.75. The Morgan fingerprint density at radius 3 is 0.929 bits per heavy atom. The molecular formula is C6H15NNa4O3. The Kier molecular flexibility index (Phi) is 56.2. The molecule has 0 atom stereocenters. The predicted molar refractivity (Wildman–Crippen MR) is 60.7 cm³/mol. The standard InChI is InChI=1S/C6H15NO3.4Na/c8-4-1-7(2-5-9)3-6-10;;;;/h8-10H,1-6H2;;;;. The van der Waals surface area contributed by atoms with Gasteiger partial charge in [-0.15, -0.1) is 0 Å². The molecule has 3 N–H and O–H groups in total. The van der Waals surface area contributed by atoms with Gasteiger partial charge in [0.05, 0.1) is 19.8 Å². The minimum absolute atomic E-state index is 0. The van der Waals surface area contributed by atoms with Crippen LogP contribution in [0.15, 0.2) is 0 Å². The van der Waals surface area contributed by atoms with Gasteiger partial charge in [0.15, 0.2) is 0 Å². The molecular weight excluding hydrogens is 226 g/mol. The second-order valence-electron chi connectivity index (χ2n) is 2.01. The van der Waals surface area contributed by atoms with E-state index >= 15 is 0 Å². The summed E-state index contributed by atoms with van der Waals surface area (Å²) >= 11 is 0. The number of aliphatic hydroxyl groups excluding tert-OH is 3. The third kappa shape index (κ3) is 21.2. The van der Waals surface area contributed by atoms with Crippen LogP contribution in [0.3, 0.4) is 0 Å². The van der Waals surface area contributed by atoms with E-state index in [0.717, 1.165) is 0 Å². The van der Waals surface area contributed by atoms with Crippen LogP contribution >= 0.6 is 0 Å². The van der Waals surface area contributed by atoms with Crippen LogP contribution in [-0.4, -0.2) is 178 Å². The summed E-state index contributed by atoms with van der Waals surface area (Å²) in [6, 6.07) is 0. The van der Waals surface area contributed by atoms with Crippen LogP contribution in [0.1, 0.15) is 0 Å². The van der Waals surface area contributed by atoms with E-state index in [1.54, 1.807) is 4.90 Å². The SMILES string of the molecule is OCCN(CCO)CCO.[Na].[Na].[Na].[Na]. The van der Waals surface area contributed by atoms with Gasteiger partial charge in [0.1, 0.15) is 0 Å². The van der Waals surface area contributed by atoms with Gasteiger partial charge < -0.3 is 15.3 Å². The quantitative estimate of drug-likeness (QED) is 0.427. The van der Waals surface area contributed by atoms with Crippen molar-refractivity contribution in [3.63, 3.8) is 0 Å². The molecule has 0 aromatic heterocycles. The molecule has 0 aromatic rings. The molecule has 0 amide bonds. The smallest absolute Gasteiger partial charge is 0.0558 e. The van der Waals surface area contributed by atoms with Crippen molar-refractivity contribution in [2.45, 2.75) is 0 Å². The molecule has 0 aromatic carbocycles. The van der Waals surface area contributed by atoms with Gasteiger partial charge in [-0.25, -0.2) is 0 Å². The van der Waals surface area contributed by atoms with E-state index in [2.05, 4.69) is 0 Å². The molecule has 0 unspecified atom stereocenters. The van der Waals surface area contributed by atoms with Crippen LogP contribution < -0.4 is 0 Å². The number of rotatable bonds is 6. The predicted octanol–water partition coefficient (Wildman–Crippen LogP) is -3.26. The van der Waals surface area contributed by atoms with Gasteiger partial charge in [0.2, 0.25) is 0 Å². The normalized spacial score (nSPS) is 7.71. The maximum absolute atomic E-state index is 8.48. The van der Waals surface area contributed by atoms with Crippen LogP contribution in [0, 0.1) is 0 Å². The van der Waals surface area contributed by atoms with Crippen LogP contribution in [0.4, 0.5) is 0 Å². The molecule has 0 aliphatic carbocycles. The Bertz CT molecular complexity index is 67.8.